The molecule has 2 aromatic heterocycles. The number of carbonyl (C=O) groups is 4. The quantitative estimate of drug-likeness (QED) is 0.141. The molecule has 4 aromatic carbocycles. The number of halogens is 2. The molecule has 56 heavy (non-hydrogen) atoms. The van der Waals surface area contributed by atoms with Crippen molar-refractivity contribution in [1.29, 1.82) is 0 Å². The van der Waals surface area contributed by atoms with Gasteiger partial charge in [0.15, 0.2) is 0 Å². The highest BCUT2D eigenvalue weighted by atomic mass is 35.5. The van der Waals surface area contributed by atoms with Gasteiger partial charge in [-0.25, -0.2) is 4.90 Å². The lowest BCUT2D eigenvalue weighted by Crippen LogP contribution is -2.49. The summed E-state index contributed by atoms with van der Waals surface area (Å²) in [5, 5.41) is 20.4. The normalized spacial score (nSPS) is 25.9. The van der Waals surface area contributed by atoms with Crippen LogP contribution in [0.15, 0.2) is 96.6 Å². The van der Waals surface area contributed by atoms with Gasteiger partial charge in [0.25, 0.3) is 0 Å². The fourth-order valence-corrected chi connectivity index (χ4v) is 11.6. The smallest absolute Gasteiger partial charge is 0.242 e. The summed E-state index contributed by atoms with van der Waals surface area (Å²) >= 11 is 14.1. The van der Waals surface area contributed by atoms with Gasteiger partial charge < -0.3 is 5.11 Å². The Bertz CT molecular complexity index is 2770. The summed E-state index contributed by atoms with van der Waals surface area (Å²) in [5.41, 5.74) is 2.01. The highest BCUT2D eigenvalue weighted by Crippen LogP contribution is 2.65. The maximum atomic E-state index is 15.3. The van der Waals surface area contributed by atoms with Crippen molar-refractivity contribution in [2.45, 2.75) is 32.6 Å². The Labute approximate surface area is 335 Å². The molecule has 10 rings (SSSR count). The number of carbonyl (C=O) groups excluding carboxylic acids is 4. The van der Waals surface area contributed by atoms with E-state index in [4.69, 9.17) is 28.3 Å². The van der Waals surface area contributed by atoms with Crippen molar-refractivity contribution in [1.82, 2.24) is 9.78 Å². The van der Waals surface area contributed by atoms with Gasteiger partial charge in [0.2, 0.25) is 23.6 Å². The number of hydrogen-bond donors (Lipinski definition) is 1. The molecular weight excluding hydrogens is 767 g/mol. The van der Waals surface area contributed by atoms with E-state index in [1.165, 1.54) is 9.80 Å². The molecule has 6 aromatic rings. The lowest BCUT2D eigenvalue weighted by molar-refractivity contribution is -0.131. The second-order valence-corrected chi connectivity index (χ2v) is 17.5. The van der Waals surface area contributed by atoms with Crippen LogP contribution in [-0.4, -0.2) is 38.5 Å². The zero-order valence-electron chi connectivity index (χ0n) is 30.5. The molecular formula is C44H34Cl2N4O5S. The first-order valence-electron chi connectivity index (χ1n) is 18.5. The molecule has 12 heteroatoms. The molecule has 4 amide bonds. The number of benzene rings is 4. The third kappa shape index (κ3) is 4.75. The van der Waals surface area contributed by atoms with Crippen LogP contribution in [0, 0.1) is 36.0 Å². The number of aryl methyl sites for hydroxylation is 2. The predicted octanol–water partition coefficient (Wildman–Crippen LogP) is 9.21. The Morgan fingerprint density at radius 1 is 0.839 bits per heavy atom. The minimum absolute atomic E-state index is 0.0234. The van der Waals surface area contributed by atoms with Gasteiger partial charge in [0.1, 0.15) is 17.3 Å². The van der Waals surface area contributed by atoms with E-state index in [2.05, 4.69) is 0 Å². The lowest BCUT2D eigenvalue weighted by Gasteiger charge is -2.49. The van der Waals surface area contributed by atoms with E-state index < -0.39 is 46.8 Å². The Kier molecular flexibility index (Phi) is 7.75. The van der Waals surface area contributed by atoms with Gasteiger partial charge in [0, 0.05) is 44.7 Å². The zero-order chi connectivity index (χ0) is 38.9. The molecule has 6 unspecified atom stereocenters. The third-order valence-electron chi connectivity index (χ3n) is 12.8. The van der Waals surface area contributed by atoms with Crippen LogP contribution >= 0.6 is 34.5 Å². The molecule has 9 nitrogen and oxygen atoms in total. The third-order valence-corrected chi connectivity index (χ3v) is 14.6. The van der Waals surface area contributed by atoms with Crippen molar-refractivity contribution in [3.63, 3.8) is 0 Å². The number of fused-ring (bicyclic) bond motifs is 6. The highest BCUT2D eigenvalue weighted by Gasteiger charge is 2.68. The predicted molar refractivity (Wildman–Crippen MR) is 218 cm³/mol. The first kappa shape index (κ1) is 35.1. The molecule has 3 fully saturated rings. The molecule has 0 radical (unpaired) electrons. The topological polar surface area (TPSA) is 113 Å². The van der Waals surface area contributed by atoms with Gasteiger partial charge in [-0.3, -0.25) is 28.8 Å². The molecule has 0 bridgehead atoms. The van der Waals surface area contributed by atoms with Crippen molar-refractivity contribution < 1.29 is 24.3 Å². The van der Waals surface area contributed by atoms with Crippen LogP contribution in [0.3, 0.4) is 0 Å². The Hall–Kier alpha value is -5.29. The van der Waals surface area contributed by atoms with Crippen LogP contribution in [0.25, 0.3) is 31.4 Å². The molecule has 280 valence electrons. The highest BCUT2D eigenvalue weighted by molar-refractivity contribution is 7.22. The average Bonchev–Trinajstić information content (AvgIpc) is 3.86. The number of phenols is 1. The number of thiophene rings is 1. The van der Waals surface area contributed by atoms with Crippen LogP contribution in [0.5, 0.6) is 5.75 Å². The Morgan fingerprint density at radius 2 is 1.59 bits per heavy atom. The van der Waals surface area contributed by atoms with Gasteiger partial charge in [-0.1, -0.05) is 71.2 Å². The van der Waals surface area contributed by atoms with Crippen LogP contribution in [0.1, 0.15) is 36.8 Å². The van der Waals surface area contributed by atoms with Crippen molar-refractivity contribution >= 4 is 90.5 Å². The van der Waals surface area contributed by atoms with Crippen LogP contribution in [0.4, 0.5) is 11.5 Å². The van der Waals surface area contributed by atoms with E-state index in [-0.39, 0.29) is 30.4 Å². The van der Waals surface area contributed by atoms with Gasteiger partial charge in [0.05, 0.1) is 33.7 Å². The summed E-state index contributed by atoms with van der Waals surface area (Å²) < 4.78 is 2.61. The van der Waals surface area contributed by atoms with E-state index in [0.717, 1.165) is 31.5 Å². The fraction of sp³-hybridized carbons (Fsp3) is 0.250. The number of nitrogens with zero attached hydrogens (tertiary/aromatic N) is 4. The van der Waals surface area contributed by atoms with Crippen molar-refractivity contribution in [2.24, 2.45) is 36.1 Å². The standard InChI is InChI=1S/C44H34Cl2N4O5S/c1-21-30-18-24(46)11-17-34(30)56-39(21)33-20-35(48(3)47-33)50-41(53)32-19-31-27(15-16-28-36(31)42(54)49(40(28)52)25-12-9-23(45)10-13-25)37(44(32,2)43(50)55)29-14-8-22-6-4-5-7-26(22)38(29)51/h4-15,17-18,20,28,31-32,36-37,51H,16,19H2,1-3H3. The number of aromatic nitrogens is 2. The maximum absolute atomic E-state index is 15.3. The Balaban J connectivity index is 1.11. The fourth-order valence-electron chi connectivity index (χ4n) is 10.1. The van der Waals surface area contributed by atoms with E-state index in [1.807, 2.05) is 74.5 Å². The first-order valence-corrected chi connectivity index (χ1v) is 20.1. The van der Waals surface area contributed by atoms with Crippen molar-refractivity contribution in [3.8, 4) is 16.3 Å². The van der Waals surface area contributed by atoms with Crippen molar-refractivity contribution in [2.75, 3.05) is 9.80 Å². The summed E-state index contributed by atoms with van der Waals surface area (Å²) in [6.45, 7) is 3.83. The van der Waals surface area contributed by atoms with Gasteiger partial charge in [-0.15, -0.1) is 11.3 Å². The molecule has 2 aliphatic carbocycles. The molecule has 4 aliphatic rings. The van der Waals surface area contributed by atoms with Crippen LogP contribution in [0.2, 0.25) is 10.0 Å². The number of anilines is 2. The summed E-state index contributed by atoms with van der Waals surface area (Å²) in [7, 11) is 1.72. The largest absolute Gasteiger partial charge is 0.507 e. The number of imide groups is 2. The second kappa shape index (κ2) is 12.4. The number of allylic oxidation sites excluding steroid dienone is 2. The van der Waals surface area contributed by atoms with E-state index >= 15 is 4.79 Å². The van der Waals surface area contributed by atoms with E-state index in [1.54, 1.807) is 53.4 Å². The molecule has 4 heterocycles. The van der Waals surface area contributed by atoms with E-state index in [0.29, 0.717) is 38.2 Å². The Morgan fingerprint density at radius 3 is 2.38 bits per heavy atom. The molecule has 1 N–H and O–H groups in total. The summed E-state index contributed by atoms with van der Waals surface area (Å²) in [6, 6.07) is 25.4. The second-order valence-electron chi connectivity index (χ2n) is 15.6. The van der Waals surface area contributed by atoms with Crippen LogP contribution < -0.4 is 9.80 Å². The number of phenolic OH excluding ortho intramolecular Hbond substituents is 1. The van der Waals surface area contributed by atoms with Gasteiger partial charge in [-0.05, 0) is 91.4 Å². The maximum Gasteiger partial charge on any atom is 0.242 e. The minimum atomic E-state index is -1.34. The molecule has 1 saturated carbocycles. The van der Waals surface area contributed by atoms with Crippen molar-refractivity contribution in [3.05, 3.63) is 118 Å². The minimum Gasteiger partial charge on any atom is -0.507 e. The molecule has 6 atom stereocenters. The number of aromatic hydroxyl groups is 1. The van der Waals surface area contributed by atoms with Crippen LogP contribution in [-0.2, 0) is 26.2 Å². The van der Waals surface area contributed by atoms with E-state index in [9.17, 15) is 19.5 Å². The number of rotatable bonds is 4. The molecule has 2 saturated heterocycles. The average molecular weight is 802 g/mol. The number of amides is 4. The SMILES string of the molecule is Cc1c(-c2cc(N3C(=O)C4CC5C(=CCC6C(=O)N(c7ccc(Cl)cc7)C(=O)C65)C(c5ccc6ccccc6c5O)C4(C)C3=O)n(C)n2)sc2ccc(Cl)cc12. The zero-order valence-corrected chi connectivity index (χ0v) is 32.8. The number of hydrogen-bond acceptors (Lipinski definition) is 7. The van der Waals surface area contributed by atoms with Gasteiger partial charge in [-0.2, -0.15) is 5.10 Å². The summed E-state index contributed by atoms with van der Waals surface area (Å²) in [5.74, 6) is -4.65. The summed E-state index contributed by atoms with van der Waals surface area (Å²) in [6.07, 6.45) is 2.46. The summed E-state index contributed by atoms with van der Waals surface area (Å²) in [4.78, 5) is 62.2. The lowest BCUT2D eigenvalue weighted by atomic mass is 9.51. The van der Waals surface area contributed by atoms with Gasteiger partial charge >= 0.3 is 0 Å². The first-order chi connectivity index (χ1) is 26.9. The molecule has 0 spiro atoms. The monoisotopic (exact) mass is 800 g/mol. The molecule has 2 aliphatic heterocycles.